The topological polar surface area (TPSA) is 113 Å². The van der Waals surface area contributed by atoms with E-state index in [-0.39, 0.29) is 11.0 Å². The zero-order valence-electron chi connectivity index (χ0n) is 17.5. The minimum atomic E-state index is -0.796. The summed E-state index contributed by atoms with van der Waals surface area (Å²) in [7, 11) is 0. The third-order valence-electron chi connectivity index (χ3n) is 6.76. The van der Waals surface area contributed by atoms with Crippen LogP contribution in [0.3, 0.4) is 0 Å². The lowest BCUT2D eigenvalue weighted by atomic mass is 9.50. The van der Waals surface area contributed by atoms with Crippen molar-refractivity contribution >= 4 is 17.3 Å². The van der Waals surface area contributed by atoms with Crippen molar-refractivity contribution in [2.24, 2.45) is 10.8 Å². The molecule has 0 saturated heterocycles. The molecule has 1 spiro atoms. The molecule has 2 aliphatic rings. The Morgan fingerprint density at radius 1 is 1.17 bits per heavy atom. The van der Waals surface area contributed by atoms with Gasteiger partial charge >= 0.3 is 5.97 Å². The molecule has 2 aliphatic carbocycles. The van der Waals surface area contributed by atoms with Gasteiger partial charge in [-0.05, 0) is 38.0 Å². The molecule has 0 N–H and O–H groups in total. The van der Waals surface area contributed by atoms with Crippen molar-refractivity contribution in [3.63, 3.8) is 0 Å². The van der Waals surface area contributed by atoms with Gasteiger partial charge in [0, 0.05) is 24.0 Å². The summed E-state index contributed by atoms with van der Waals surface area (Å²) in [5.74, 6) is -0.796. The quantitative estimate of drug-likeness (QED) is 0.277. The highest BCUT2D eigenvalue weighted by molar-refractivity contribution is 5.91. The maximum Gasteiger partial charge on any atom is 0.338 e. The van der Waals surface area contributed by atoms with Crippen molar-refractivity contribution in [2.75, 3.05) is 0 Å². The summed E-state index contributed by atoms with van der Waals surface area (Å²) in [6, 6.07) is 2.88. The largest absolute Gasteiger partial charge is 0.457 e. The molecule has 0 radical (unpaired) electrons. The van der Waals surface area contributed by atoms with E-state index in [9.17, 15) is 25.0 Å². The van der Waals surface area contributed by atoms with E-state index in [1.807, 2.05) is 6.92 Å². The first-order valence-electron chi connectivity index (χ1n) is 9.97. The number of non-ortho nitro benzene ring substituents is 2. The van der Waals surface area contributed by atoms with Crippen LogP contribution in [0.2, 0.25) is 0 Å². The molecule has 0 aromatic heterocycles. The molecule has 1 aromatic carbocycles. The first-order chi connectivity index (χ1) is 14.0. The van der Waals surface area contributed by atoms with Crippen LogP contribution >= 0.6 is 0 Å². The Kier molecular flexibility index (Phi) is 5.54. The molecule has 3 rings (SSSR count). The number of carbonyl (C=O) groups is 1. The van der Waals surface area contributed by atoms with Gasteiger partial charge in [0.25, 0.3) is 11.4 Å². The smallest absolute Gasteiger partial charge is 0.338 e. The average Bonchev–Trinajstić information content (AvgIpc) is 2.66. The number of carbonyl (C=O) groups excluding carboxylic acids is 1. The van der Waals surface area contributed by atoms with Gasteiger partial charge in [0.15, 0.2) is 0 Å². The van der Waals surface area contributed by atoms with Crippen LogP contribution in [0.1, 0.15) is 63.2 Å². The standard InChI is InChI=1S/C22H26N2O6/c1-14-7-9-22(15(2)6-5-8-21(22,3)4)19(10-14)30-20(25)16-11-17(23(26)27)13-18(12-16)24(28)29/h7,11-13,19H,2,5-6,8-10H2,1,3-4H3/t19-,22-/m0/s1. The van der Waals surface area contributed by atoms with Crippen molar-refractivity contribution in [3.05, 3.63) is 67.8 Å². The highest BCUT2D eigenvalue weighted by Gasteiger charge is 2.55. The van der Waals surface area contributed by atoms with Gasteiger partial charge in [-0.2, -0.15) is 0 Å². The van der Waals surface area contributed by atoms with E-state index in [4.69, 9.17) is 4.74 Å². The van der Waals surface area contributed by atoms with E-state index >= 15 is 0 Å². The summed E-state index contributed by atoms with van der Waals surface area (Å²) >= 11 is 0. The lowest BCUT2D eigenvalue weighted by Gasteiger charge is -2.56. The Balaban J connectivity index is 2.00. The lowest BCUT2D eigenvalue weighted by molar-refractivity contribution is -0.394. The number of allylic oxidation sites excluding steroid dienone is 1. The summed E-state index contributed by atoms with van der Waals surface area (Å²) in [4.78, 5) is 33.8. The highest BCUT2D eigenvalue weighted by atomic mass is 16.6. The van der Waals surface area contributed by atoms with Crippen molar-refractivity contribution in [2.45, 2.75) is 59.0 Å². The minimum Gasteiger partial charge on any atom is -0.457 e. The Morgan fingerprint density at radius 2 is 1.77 bits per heavy atom. The predicted octanol–water partition coefficient (Wildman–Crippen LogP) is 5.52. The number of benzene rings is 1. The van der Waals surface area contributed by atoms with Gasteiger partial charge < -0.3 is 4.74 Å². The van der Waals surface area contributed by atoms with Crippen molar-refractivity contribution in [1.29, 1.82) is 0 Å². The number of nitrogens with zero attached hydrogens (tertiary/aromatic N) is 2. The number of esters is 1. The van der Waals surface area contributed by atoms with Gasteiger partial charge in [-0.3, -0.25) is 20.2 Å². The molecule has 1 fully saturated rings. The van der Waals surface area contributed by atoms with Crippen LogP contribution < -0.4 is 0 Å². The van der Waals surface area contributed by atoms with Crippen molar-refractivity contribution in [3.8, 4) is 0 Å². The first-order valence-corrected chi connectivity index (χ1v) is 9.97. The third kappa shape index (κ3) is 3.62. The normalized spacial score (nSPS) is 25.5. The fraction of sp³-hybridized carbons (Fsp3) is 0.500. The zero-order chi connectivity index (χ0) is 22.3. The number of ether oxygens (including phenoxy) is 1. The van der Waals surface area contributed by atoms with E-state index in [0.29, 0.717) is 12.8 Å². The van der Waals surface area contributed by atoms with Crippen LogP contribution in [0, 0.1) is 31.1 Å². The second kappa shape index (κ2) is 7.66. The molecule has 30 heavy (non-hydrogen) atoms. The van der Waals surface area contributed by atoms with Crippen molar-refractivity contribution < 1.29 is 19.4 Å². The molecular weight excluding hydrogens is 388 g/mol. The summed E-state index contributed by atoms with van der Waals surface area (Å²) < 4.78 is 5.93. The van der Waals surface area contributed by atoms with Gasteiger partial charge in [0.1, 0.15) is 6.10 Å². The molecule has 8 nitrogen and oxygen atoms in total. The molecule has 0 unspecified atom stereocenters. The molecule has 0 heterocycles. The minimum absolute atomic E-state index is 0.154. The lowest BCUT2D eigenvalue weighted by Crippen LogP contribution is -2.53. The van der Waals surface area contributed by atoms with Crippen molar-refractivity contribution in [1.82, 2.24) is 0 Å². The summed E-state index contributed by atoms with van der Waals surface area (Å²) in [5.41, 5.74) is 0.313. The first kappa shape index (κ1) is 21.7. The molecule has 0 bridgehead atoms. The van der Waals surface area contributed by atoms with Gasteiger partial charge in [0.05, 0.1) is 21.5 Å². The highest BCUT2D eigenvalue weighted by Crippen LogP contribution is 2.60. The van der Waals surface area contributed by atoms with Crippen LogP contribution in [0.25, 0.3) is 0 Å². The van der Waals surface area contributed by atoms with Crippen LogP contribution in [0.4, 0.5) is 11.4 Å². The molecule has 0 aliphatic heterocycles. The third-order valence-corrected chi connectivity index (χ3v) is 6.76. The monoisotopic (exact) mass is 414 g/mol. The molecule has 0 amide bonds. The fourth-order valence-corrected chi connectivity index (χ4v) is 5.03. The Hall–Kier alpha value is -3.03. The molecule has 2 atom stereocenters. The zero-order valence-corrected chi connectivity index (χ0v) is 17.5. The number of hydrogen-bond donors (Lipinski definition) is 0. The van der Waals surface area contributed by atoms with Crippen LogP contribution in [-0.4, -0.2) is 21.9 Å². The maximum absolute atomic E-state index is 13.0. The molecule has 8 heteroatoms. The van der Waals surface area contributed by atoms with Gasteiger partial charge in [-0.15, -0.1) is 0 Å². The maximum atomic E-state index is 13.0. The number of rotatable bonds is 4. The molecule has 1 saturated carbocycles. The number of nitro groups is 2. The number of hydrogen-bond acceptors (Lipinski definition) is 6. The van der Waals surface area contributed by atoms with Crippen LogP contribution in [-0.2, 0) is 4.74 Å². The number of nitro benzene ring substituents is 2. The van der Waals surface area contributed by atoms with Crippen LogP contribution in [0.15, 0.2) is 42.0 Å². The Labute approximate surface area is 174 Å². The van der Waals surface area contributed by atoms with E-state index in [2.05, 4.69) is 26.5 Å². The SMILES string of the molecule is C=C1CCCC(C)(C)[C@@]12CC=C(C)C[C@@H]2OC(=O)c1cc([N+](=O)[O-])cc([N+](=O)[O-])c1. The van der Waals surface area contributed by atoms with E-state index in [1.165, 1.54) is 0 Å². The molecular formula is C22H26N2O6. The summed E-state index contributed by atoms with van der Waals surface area (Å²) in [5, 5.41) is 22.3. The van der Waals surface area contributed by atoms with E-state index in [0.717, 1.165) is 48.6 Å². The molecule has 160 valence electrons. The van der Waals surface area contributed by atoms with E-state index < -0.39 is 38.7 Å². The van der Waals surface area contributed by atoms with Gasteiger partial charge in [-0.1, -0.05) is 37.6 Å². The predicted molar refractivity (Wildman–Crippen MR) is 111 cm³/mol. The summed E-state index contributed by atoms with van der Waals surface area (Å²) in [6.45, 7) is 10.6. The second-order valence-corrected chi connectivity index (χ2v) is 8.92. The second-order valence-electron chi connectivity index (χ2n) is 8.92. The van der Waals surface area contributed by atoms with Gasteiger partial charge in [-0.25, -0.2) is 4.79 Å². The molecule has 1 aromatic rings. The fourth-order valence-electron chi connectivity index (χ4n) is 5.03. The van der Waals surface area contributed by atoms with Crippen LogP contribution in [0.5, 0.6) is 0 Å². The average molecular weight is 414 g/mol. The summed E-state index contributed by atoms with van der Waals surface area (Å²) in [6.07, 6.45) is 5.76. The van der Waals surface area contributed by atoms with E-state index in [1.54, 1.807) is 0 Å². The Bertz CT molecular complexity index is 932. The van der Waals surface area contributed by atoms with Gasteiger partial charge in [0.2, 0.25) is 0 Å². The Morgan fingerprint density at radius 3 is 2.30 bits per heavy atom.